The van der Waals surface area contributed by atoms with E-state index in [4.69, 9.17) is 9.47 Å². The minimum atomic E-state index is 0.113. The second-order valence-corrected chi connectivity index (χ2v) is 7.54. The van der Waals surface area contributed by atoms with Gasteiger partial charge in [0, 0.05) is 37.4 Å². The minimum absolute atomic E-state index is 0.113. The zero-order valence-electron chi connectivity index (χ0n) is 15.7. The van der Waals surface area contributed by atoms with Crippen molar-refractivity contribution in [2.45, 2.75) is 26.1 Å². The molecule has 142 valence electrons. The number of nitrogens with zero attached hydrogens (tertiary/aromatic N) is 2. The monoisotopic (exact) mass is 366 g/mol. The lowest BCUT2D eigenvalue weighted by Crippen LogP contribution is -2.31. The number of fused-ring (bicyclic) bond motifs is 1. The van der Waals surface area contributed by atoms with Crippen LogP contribution in [0.15, 0.2) is 48.7 Å². The number of rotatable bonds is 6. The van der Waals surface area contributed by atoms with Gasteiger partial charge in [-0.25, -0.2) is 0 Å². The van der Waals surface area contributed by atoms with Crippen molar-refractivity contribution in [1.82, 2.24) is 9.88 Å². The third-order valence-corrected chi connectivity index (χ3v) is 5.60. The molecule has 1 amide bonds. The van der Waals surface area contributed by atoms with Crippen LogP contribution in [0.25, 0.3) is 0 Å². The highest BCUT2D eigenvalue weighted by atomic mass is 16.5. The Morgan fingerprint density at radius 1 is 1.26 bits per heavy atom. The number of aryl methyl sites for hydroxylation is 1. The Hall–Kier alpha value is -2.24. The summed E-state index contributed by atoms with van der Waals surface area (Å²) in [6.45, 7) is 5.50. The number of amides is 1. The van der Waals surface area contributed by atoms with Crippen LogP contribution in [0.4, 0.5) is 0 Å². The first kappa shape index (κ1) is 18.1. The van der Waals surface area contributed by atoms with Gasteiger partial charge in [0.25, 0.3) is 5.91 Å². The number of aromatic nitrogens is 1. The van der Waals surface area contributed by atoms with Crippen LogP contribution in [0.1, 0.15) is 28.0 Å². The van der Waals surface area contributed by atoms with E-state index in [0.717, 1.165) is 36.4 Å². The lowest BCUT2D eigenvalue weighted by Gasteiger charge is -2.20. The van der Waals surface area contributed by atoms with Crippen LogP contribution in [0.3, 0.4) is 0 Å². The predicted molar refractivity (Wildman–Crippen MR) is 102 cm³/mol. The van der Waals surface area contributed by atoms with E-state index in [9.17, 15) is 4.79 Å². The van der Waals surface area contributed by atoms with Crippen LogP contribution in [-0.4, -0.2) is 48.2 Å². The van der Waals surface area contributed by atoms with Gasteiger partial charge in [0.2, 0.25) is 0 Å². The summed E-state index contributed by atoms with van der Waals surface area (Å²) < 4.78 is 11.8. The van der Waals surface area contributed by atoms with Crippen LogP contribution in [0.5, 0.6) is 0 Å². The Labute approximate surface area is 160 Å². The maximum absolute atomic E-state index is 12.8. The van der Waals surface area contributed by atoms with Crippen LogP contribution in [0, 0.1) is 18.8 Å². The summed E-state index contributed by atoms with van der Waals surface area (Å²) in [7, 11) is 0. The molecule has 0 aliphatic carbocycles. The van der Waals surface area contributed by atoms with Crippen LogP contribution < -0.4 is 0 Å². The number of carbonyl (C=O) groups excluding carboxylic acids is 1. The number of ether oxygens (including phenoxy) is 2. The number of benzene rings is 1. The van der Waals surface area contributed by atoms with Crippen molar-refractivity contribution in [2.75, 3.05) is 26.3 Å². The van der Waals surface area contributed by atoms with Gasteiger partial charge in [-0.1, -0.05) is 23.8 Å². The molecule has 1 aromatic carbocycles. The van der Waals surface area contributed by atoms with Gasteiger partial charge in [-0.15, -0.1) is 0 Å². The van der Waals surface area contributed by atoms with E-state index in [1.165, 1.54) is 0 Å². The fourth-order valence-corrected chi connectivity index (χ4v) is 4.12. The van der Waals surface area contributed by atoms with Crippen LogP contribution in [-0.2, 0) is 16.1 Å². The lowest BCUT2D eigenvalue weighted by molar-refractivity contribution is 0.0646. The van der Waals surface area contributed by atoms with E-state index in [0.29, 0.717) is 31.6 Å². The third kappa shape index (κ3) is 4.20. The molecule has 0 bridgehead atoms. The van der Waals surface area contributed by atoms with Crippen LogP contribution >= 0.6 is 0 Å². The number of likely N-dealkylation sites (tertiary alicyclic amines) is 1. The smallest absolute Gasteiger partial charge is 0.253 e. The Kier molecular flexibility index (Phi) is 5.50. The van der Waals surface area contributed by atoms with Gasteiger partial charge < -0.3 is 14.4 Å². The zero-order chi connectivity index (χ0) is 18.6. The molecule has 2 aliphatic heterocycles. The Morgan fingerprint density at radius 2 is 2.19 bits per heavy atom. The molecule has 1 aromatic heterocycles. The Bertz CT molecular complexity index is 780. The maximum atomic E-state index is 12.8. The van der Waals surface area contributed by atoms with E-state index < -0.39 is 0 Å². The first-order chi connectivity index (χ1) is 13.2. The van der Waals surface area contributed by atoms with Crippen LogP contribution in [0.2, 0.25) is 0 Å². The third-order valence-electron chi connectivity index (χ3n) is 5.60. The van der Waals surface area contributed by atoms with E-state index in [1.54, 1.807) is 6.20 Å². The van der Waals surface area contributed by atoms with E-state index in [1.807, 2.05) is 54.3 Å². The van der Waals surface area contributed by atoms with Crippen molar-refractivity contribution in [3.8, 4) is 0 Å². The summed E-state index contributed by atoms with van der Waals surface area (Å²) >= 11 is 0. The molecule has 3 heterocycles. The molecule has 5 nitrogen and oxygen atoms in total. The van der Waals surface area contributed by atoms with Crippen molar-refractivity contribution in [1.29, 1.82) is 0 Å². The molecule has 0 N–H and O–H groups in total. The highest BCUT2D eigenvalue weighted by Gasteiger charge is 2.44. The summed E-state index contributed by atoms with van der Waals surface area (Å²) in [5.74, 6) is 0.980. The first-order valence-corrected chi connectivity index (χ1v) is 9.66. The standard InChI is InChI=1S/C22H26N2O3/c1-16-5-4-6-17(11-16)22(25)24-12-20-18(14-27-21(20)13-24)8-10-26-15-19-7-2-3-9-23-19/h2-7,9,11,18,20-21H,8,10,12-15H2,1H3/t18-,20-,21-/m0/s1. The number of pyridine rings is 1. The number of carbonyl (C=O) groups is 1. The lowest BCUT2D eigenvalue weighted by atomic mass is 9.91. The van der Waals surface area contributed by atoms with Gasteiger partial charge in [0.1, 0.15) is 0 Å². The van der Waals surface area contributed by atoms with Gasteiger partial charge in [0.15, 0.2) is 0 Å². The fourth-order valence-electron chi connectivity index (χ4n) is 4.12. The Balaban J connectivity index is 1.27. The summed E-state index contributed by atoms with van der Waals surface area (Å²) in [6, 6.07) is 13.7. The predicted octanol–water partition coefficient (Wildman–Crippen LogP) is 3.08. The summed E-state index contributed by atoms with van der Waals surface area (Å²) in [5.41, 5.74) is 2.83. The van der Waals surface area contributed by atoms with Crippen molar-refractivity contribution in [3.63, 3.8) is 0 Å². The summed E-state index contributed by atoms with van der Waals surface area (Å²) in [5, 5.41) is 0. The molecule has 27 heavy (non-hydrogen) atoms. The topological polar surface area (TPSA) is 51.7 Å². The molecule has 2 aromatic rings. The van der Waals surface area contributed by atoms with E-state index in [-0.39, 0.29) is 12.0 Å². The molecule has 0 saturated carbocycles. The summed E-state index contributed by atoms with van der Waals surface area (Å²) in [4.78, 5) is 19.0. The molecular formula is C22H26N2O3. The quantitative estimate of drug-likeness (QED) is 0.737. The second-order valence-electron chi connectivity index (χ2n) is 7.54. The molecule has 5 heteroatoms. The molecule has 0 spiro atoms. The van der Waals surface area contributed by atoms with Gasteiger partial charge >= 0.3 is 0 Å². The molecular weight excluding hydrogens is 340 g/mol. The highest BCUT2D eigenvalue weighted by Crippen LogP contribution is 2.36. The average molecular weight is 366 g/mol. The van der Waals surface area contributed by atoms with E-state index in [2.05, 4.69) is 4.98 Å². The molecule has 2 fully saturated rings. The summed E-state index contributed by atoms with van der Waals surface area (Å²) in [6.07, 6.45) is 2.91. The van der Waals surface area contributed by atoms with Gasteiger partial charge in [-0.2, -0.15) is 0 Å². The second kappa shape index (κ2) is 8.19. The highest BCUT2D eigenvalue weighted by molar-refractivity contribution is 5.94. The molecule has 0 radical (unpaired) electrons. The molecule has 4 rings (SSSR count). The SMILES string of the molecule is Cc1cccc(C(=O)N2C[C@H]3[C@@H](CCOCc4ccccn4)CO[C@H]3C2)c1. The minimum Gasteiger partial charge on any atom is -0.376 e. The van der Waals surface area contributed by atoms with Crippen molar-refractivity contribution >= 4 is 5.91 Å². The Morgan fingerprint density at radius 3 is 3.00 bits per heavy atom. The van der Waals surface area contributed by atoms with Crippen molar-refractivity contribution in [3.05, 3.63) is 65.5 Å². The van der Waals surface area contributed by atoms with Gasteiger partial charge in [-0.05, 0) is 43.5 Å². The normalized spacial score (nSPS) is 24.2. The fraction of sp³-hybridized carbons (Fsp3) is 0.455. The zero-order valence-corrected chi connectivity index (χ0v) is 15.7. The van der Waals surface area contributed by atoms with E-state index >= 15 is 0 Å². The number of hydrogen-bond acceptors (Lipinski definition) is 4. The molecule has 0 unspecified atom stereocenters. The molecule has 2 aliphatic rings. The molecule has 2 saturated heterocycles. The van der Waals surface area contributed by atoms with Crippen molar-refractivity contribution in [2.24, 2.45) is 11.8 Å². The maximum Gasteiger partial charge on any atom is 0.253 e. The van der Waals surface area contributed by atoms with Crippen molar-refractivity contribution < 1.29 is 14.3 Å². The number of hydrogen-bond donors (Lipinski definition) is 0. The van der Waals surface area contributed by atoms with Gasteiger partial charge in [-0.3, -0.25) is 9.78 Å². The average Bonchev–Trinajstić information content (AvgIpc) is 3.27. The molecule has 3 atom stereocenters. The largest absolute Gasteiger partial charge is 0.376 e. The van der Waals surface area contributed by atoms with Gasteiger partial charge in [0.05, 0.1) is 25.0 Å². The first-order valence-electron chi connectivity index (χ1n) is 9.66.